The quantitative estimate of drug-likeness (QED) is 0.249. The number of thioether (sulfide) groups is 1. The van der Waals surface area contributed by atoms with Crippen molar-refractivity contribution in [1.29, 1.82) is 0 Å². The first kappa shape index (κ1) is 24.9. The van der Waals surface area contributed by atoms with Crippen molar-refractivity contribution >= 4 is 40.9 Å². The number of nitro groups is 1. The molecule has 1 unspecified atom stereocenters. The van der Waals surface area contributed by atoms with E-state index in [1.165, 1.54) is 23.9 Å². The molecule has 1 N–H and O–H groups in total. The van der Waals surface area contributed by atoms with Crippen molar-refractivity contribution in [2.45, 2.75) is 30.9 Å². The predicted octanol–water partition coefficient (Wildman–Crippen LogP) is 3.74. The number of non-ortho nitro benzene ring substituents is 1. The number of anilines is 1. The van der Waals surface area contributed by atoms with E-state index in [4.69, 9.17) is 4.74 Å². The van der Waals surface area contributed by atoms with Crippen molar-refractivity contribution in [3.05, 3.63) is 64.2 Å². The Labute approximate surface area is 190 Å². The number of nitrogens with zero attached hydrogens (tertiary/aromatic N) is 2. The van der Waals surface area contributed by atoms with Gasteiger partial charge in [-0.1, -0.05) is 6.07 Å². The van der Waals surface area contributed by atoms with Crippen LogP contribution in [0.4, 0.5) is 11.4 Å². The maximum absolute atomic E-state index is 12.4. The number of esters is 1. The van der Waals surface area contributed by atoms with Crippen LogP contribution < -0.4 is 5.32 Å². The van der Waals surface area contributed by atoms with Gasteiger partial charge in [0.15, 0.2) is 6.61 Å². The molecule has 2 amide bonds. The first-order valence-electron chi connectivity index (χ1n) is 10.0. The molecule has 0 spiro atoms. The Hall–Kier alpha value is -3.40. The molecule has 0 aromatic heterocycles. The van der Waals surface area contributed by atoms with Crippen LogP contribution in [0, 0.1) is 10.1 Å². The molecule has 0 radical (unpaired) electrons. The van der Waals surface area contributed by atoms with Crippen molar-refractivity contribution in [3.63, 3.8) is 0 Å². The van der Waals surface area contributed by atoms with Crippen LogP contribution in [0.5, 0.6) is 0 Å². The van der Waals surface area contributed by atoms with E-state index in [0.717, 1.165) is 0 Å². The molecule has 0 heterocycles. The summed E-state index contributed by atoms with van der Waals surface area (Å²) in [4.78, 5) is 49.3. The van der Waals surface area contributed by atoms with Crippen molar-refractivity contribution in [2.75, 3.05) is 25.0 Å². The number of amides is 2. The smallest absolute Gasteiger partial charge is 0.319 e. The Kier molecular flexibility index (Phi) is 9.21. The van der Waals surface area contributed by atoms with Gasteiger partial charge in [0.2, 0.25) is 0 Å². The minimum atomic E-state index is -0.612. The number of carbonyl (C=O) groups is 3. The number of hydrogen-bond donors (Lipinski definition) is 1. The van der Waals surface area contributed by atoms with Crippen molar-refractivity contribution in [3.8, 4) is 0 Å². The fourth-order valence-electron chi connectivity index (χ4n) is 2.77. The highest BCUT2D eigenvalue weighted by molar-refractivity contribution is 8.00. The molecular weight excluding hydrogens is 434 g/mol. The Morgan fingerprint density at radius 1 is 1.12 bits per heavy atom. The predicted molar refractivity (Wildman–Crippen MR) is 122 cm³/mol. The van der Waals surface area contributed by atoms with E-state index in [-0.39, 0.29) is 11.6 Å². The Balaban J connectivity index is 1.87. The van der Waals surface area contributed by atoms with E-state index in [2.05, 4.69) is 5.32 Å². The fraction of sp³-hybridized carbons (Fsp3) is 0.318. The summed E-state index contributed by atoms with van der Waals surface area (Å²) in [5.41, 5.74) is 0.845. The lowest BCUT2D eigenvalue weighted by Crippen LogP contribution is -2.30. The summed E-state index contributed by atoms with van der Waals surface area (Å²) in [5.74, 6) is -1.25. The SMILES string of the molecule is CCN(CC)C(=O)c1cccc(NC(=O)COC(=O)C(C)Sc2ccc([N+](=O)[O-])cc2)c1. The Morgan fingerprint density at radius 3 is 2.38 bits per heavy atom. The molecule has 10 heteroatoms. The second-order valence-corrected chi connectivity index (χ2v) is 8.14. The van der Waals surface area contributed by atoms with Gasteiger partial charge in [-0.05, 0) is 51.1 Å². The van der Waals surface area contributed by atoms with Crippen molar-refractivity contribution in [1.82, 2.24) is 4.90 Å². The van der Waals surface area contributed by atoms with Gasteiger partial charge in [-0.2, -0.15) is 0 Å². The zero-order valence-corrected chi connectivity index (χ0v) is 18.9. The van der Waals surface area contributed by atoms with Crippen LogP contribution in [0.1, 0.15) is 31.1 Å². The molecule has 0 aliphatic carbocycles. The second-order valence-electron chi connectivity index (χ2n) is 6.73. The van der Waals surface area contributed by atoms with Crippen LogP contribution in [0.15, 0.2) is 53.4 Å². The molecule has 2 rings (SSSR count). The third-order valence-corrected chi connectivity index (χ3v) is 5.57. The van der Waals surface area contributed by atoms with Gasteiger partial charge in [-0.15, -0.1) is 11.8 Å². The fourth-order valence-corrected chi connectivity index (χ4v) is 3.64. The summed E-state index contributed by atoms with van der Waals surface area (Å²) in [6, 6.07) is 12.4. The van der Waals surface area contributed by atoms with Crippen molar-refractivity contribution < 1.29 is 24.0 Å². The highest BCUT2D eigenvalue weighted by Gasteiger charge is 2.18. The van der Waals surface area contributed by atoms with E-state index in [1.54, 1.807) is 48.2 Å². The van der Waals surface area contributed by atoms with Gasteiger partial charge in [0.25, 0.3) is 17.5 Å². The maximum Gasteiger partial charge on any atom is 0.319 e. The summed E-state index contributed by atoms with van der Waals surface area (Å²) < 4.78 is 5.07. The van der Waals surface area contributed by atoms with Crippen LogP contribution in [0.25, 0.3) is 0 Å². The second kappa shape index (κ2) is 11.8. The number of nitrogens with one attached hydrogen (secondary N) is 1. The van der Waals surface area contributed by atoms with Gasteiger partial charge in [0.05, 0.1) is 4.92 Å². The van der Waals surface area contributed by atoms with Crippen LogP contribution in [-0.2, 0) is 14.3 Å². The largest absolute Gasteiger partial charge is 0.455 e. The molecule has 0 bridgehead atoms. The molecule has 0 fully saturated rings. The monoisotopic (exact) mass is 459 g/mol. The van der Waals surface area contributed by atoms with Gasteiger partial charge in [0, 0.05) is 41.4 Å². The topological polar surface area (TPSA) is 119 Å². The number of ether oxygens (including phenoxy) is 1. The zero-order chi connectivity index (χ0) is 23.7. The minimum Gasteiger partial charge on any atom is -0.455 e. The number of benzene rings is 2. The average Bonchev–Trinajstić information content (AvgIpc) is 2.78. The normalized spacial score (nSPS) is 11.3. The van der Waals surface area contributed by atoms with E-state index >= 15 is 0 Å². The number of carbonyl (C=O) groups excluding carboxylic acids is 3. The van der Waals surface area contributed by atoms with Gasteiger partial charge in [0.1, 0.15) is 5.25 Å². The molecule has 0 aliphatic rings. The highest BCUT2D eigenvalue weighted by atomic mass is 32.2. The lowest BCUT2D eigenvalue weighted by atomic mass is 10.1. The lowest BCUT2D eigenvalue weighted by Gasteiger charge is -2.19. The molecule has 2 aromatic rings. The van der Waals surface area contributed by atoms with Gasteiger partial charge in [-0.25, -0.2) is 0 Å². The third-order valence-electron chi connectivity index (χ3n) is 4.48. The van der Waals surface area contributed by atoms with E-state index in [1.807, 2.05) is 13.8 Å². The first-order valence-corrected chi connectivity index (χ1v) is 10.9. The molecule has 9 nitrogen and oxygen atoms in total. The maximum atomic E-state index is 12.4. The van der Waals surface area contributed by atoms with Crippen LogP contribution in [-0.4, -0.2) is 52.6 Å². The Bertz CT molecular complexity index is 976. The molecule has 0 saturated carbocycles. The molecule has 0 saturated heterocycles. The van der Waals surface area contributed by atoms with Crippen LogP contribution >= 0.6 is 11.8 Å². The van der Waals surface area contributed by atoms with E-state index in [0.29, 0.717) is 29.2 Å². The number of hydrogen-bond acceptors (Lipinski definition) is 7. The van der Waals surface area contributed by atoms with Crippen LogP contribution in [0.2, 0.25) is 0 Å². The summed E-state index contributed by atoms with van der Waals surface area (Å²) in [6.07, 6.45) is 0. The van der Waals surface area contributed by atoms with Crippen molar-refractivity contribution in [2.24, 2.45) is 0 Å². The minimum absolute atomic E-state index is 0.0379. The summed E-state index contributed by atoms with van der Waals surface area (Å²) in [6.45, 7) is 6.09. The average molecular weight is 460 g/mol. The zero-order valence-electron chi connectivity index (χ0n) is 18.1. The van der Waals surface area contributed by atoms with Crippen LogP contribution in [0.3, 0.4) is 0 Å². The summed E-state index contributed by atoms with van der Waals surface area (Å²) >= 11 is 1.17. The third kappa shape index (κ3) is 7.09. The number of rotatable bonds is 10. The van der Waals surface area contributed by atoms with Gasteiger partial charge in [-0.3, -0.25) is 24.5 Å². The molecule has 2 aromatic carbocycles. The Morgan fingerprint density at radius 2 is 1.78 bits per heavy atom. The number of nitro benzene ring substituents is 1. The lowest BCUT2D eigenvalue weighted by molar-refractivity contribution is -0.384. The van der Waals surface area contributed by atoms with E-state index < -0.39 is 28.7 Å². The first-order chi connectivity index (χ1) is 15.2. The molecule has 170 valence electrons. The molecule has 0 aliphatic heterocycles. The summed E-state index contributed by atoms with van der Waals surface area (Å²) in [7, 11) is 0. The molecule has 32 heavy (non-hydrogen) atoms. The van der Waals surface area contributed by atoms with Gasteiger partial charge >= 0.3 is 5.97 Å². The van der Waals surface area contributed by atoms with E-state index in [9.17, 15) is 24.5 Å². The molecule has 1 atom stereocenters. The molecular formula is C22H25N3O6S. The van der Waals surface area contributed by atoms with Gasteiger partial charge < -0.3 is 15.0 Å². The highest BCUT2D eigenvalue weighted by Crippen LogP contribution is 2.26. The summed E-state index contributed by atoms with van der Waals surface area (Å²) in [5, 5.41) is 12.7. The standard InChI is InChI=1S/C22H25N3O6S/c1-4-24(5-2)21(27)16-7-6-8-17(13-16)23-20(26)14-31-22(28)15(3)32-19-11-9-18(10-12-19)25(29)30/h6-13,15H,4-5,14H2,1-3H3,(H,23,26).